The zero-order chi connectivity index (χ0) is 21.2. The molecule has 3 rings (SSSR count). The second kappa shape index (κ2) is 8.37. The highest BCUT2D eigenvalue weighted by Gasteiger charge is 2.37. The summed E-state index contributed by atoms with van der Waals surface area (Å²) in [6, 6.07) is 12.5. The molecule has 0 saturated heterocycles. The van der Waals surface area contributed by atoms with Crippen LogP contribution < -0.4 is 4.90 Å². The highest BCUT2D eigenvalue weighted by atomic mass is 16.5. The predicted molar refractivity (Wildman–Crippen MR) is 117 cm³/mol. The van der Waals surface area contributed by atoms with Gasteiger partial charge in [0.1, 0.15) is 0 Å². The average Bonchev–Trinajstić information content (AvgIpc) is 2.69. The van der Waals surface area contributed by atoms with Gasteiger partial charge >= 0.3 is 0 Å². The van der Waals surface area contributed by atoms with Crippen molar-refractivity contribution >= 4 is 17.3 Å². The lowest BCUT2D eigenvalue weighted by Crippen LogP contribution is -2.42. The molecule has 1 aliphatic heterocycles. The number of ether oxygens (including phenoxy) is 1. The monoisotopic (exact) mass is 394 g/mol. The number of carbonyl (C=O) groups excluding carboxylic acids is 1. The summed E-state index contributed by atoms with van der Waals surface area (Å²) in [5, 5.41) is 13.0. The van der Waals surface area contributed by atoms with Gasteiger partial charge in [-0.3, -0.25) is 4.79 Å². The fourth-order valence-corrected chi connectivity index (χ4v) is 3.99. The smallest absolute Gasteiger partial charge is 0.227 e. The normalized spacial score (nSPS) is 16.1. The summed E-state index contributed by atoms with van der Waals surface area (Å²) in [5.74, 6) is 0.117. The Morgan fingerprint density at radius 3 is 2.55 bits per heavy atom. The van der Waals surface area contributed by atoms with Gasteiger partial charge in [-0.1, -0.05) is 48.8 Å². The number of hydrogen-bond donors (Lipinski definition) is 1. The molecule has 0 unspecified atom stereocenters. The topological polar surface area (TPSA) is 62.1 Å². The second-order valence-corrected chi connectivity index (χ2v) is 8.42. The minimum atomic E-state index is -0.271. The molecular weight excluding hydrogens is 364 g/mol. The van der Waals surface area contributed by atoms with Crippen LogP contribution in [0.2, 0.25) is 0 Å². The number of anilines is 1. The quantitative estimate of drug-likeness (QED) is 0.328. The van der Waals surface area contributed by atoms with Crippen molar-refractivity contribution < 1.29 is 14.7 Å². The lowest BCUT2D eigenvalue weighted by atomic mass is 9.75. The number of oxime groups is 1. The standard InChI is InChI=1S/C24H30N2O3/c1-16-7-9-18(10-8-16)20-13-21-22(14-19(20)17(2)25-28)26(11-6-12-29-5)23(27)15-24(21,3)4/h7-10,13-14,28H,6,11-12,15H2,1-5H3/b25-17+. The van der Waals surface area contributed by atoms with E-state index in [0.717, 1.165) is 34.4 Å². The lowest BCUT2D eigenvalue weighted by Gasteiger charge is -2.39. The zero-order valence-electron chi connectivity index (χ0n) is 18.0. The van der Waals surface area contributed by atoms with E-state index in [1.165, 1.54) is 5.56 Å². The van der Waals surface area contributed by atoms with E-state index in [1.807, 2.05) is 11.0 Å². The summed E-state index contributed by atoms with van der Waals surface area (Å²) in [6.07, 6.45) is 1.23. The van der Waals surface area contributed by atoms with E-state index in [4.69, 9.17) is 4.74 Å². The molecule has 0 fully saturated rings. The van der Waals surface area contributed by atoms with Gasteiger partial charge in [0.05, 0.1) is 5.71 Å². The summed E-state index contributed by atoms with van der Waals surface area (Å²) in [4.78, 5) is 14.8. The first-order chi connectivity index (χ1) is 13.8. The molecule has 2 aromatic carbocycles. The molecule has 1 aliphatic rings. The zero-order valence-corrected chi connectivity index (χ0v) is 18.0. The molecule has 0 aromatic heterocycles. The van der Waals surface area contributed by atoms with Crippen LogP contribution in [0, 0.1) is 6.92 Å². The predicted octanol–water partition coefficient (Wildman–Crippen LogP) is 4.91. The maximum absolute atomic E-state index is 12.9. The number of nitrogens with zero attached hydrogens (tertiary/aromatic N) is 2. The third kappa shape index (κ3) is 4.20. The first-order valence-electron chi connectivity index (χ1n) is 10.0. The Balaban J connectivity index is 2.21. The summed E-state index contributed by atoms with van der Waals surface area (Å²) >= 11 is 0. The molecule has 29 heavy (non-hydrogen) atoms. The van der Waals surface area contributed by atoms with Crippen LogP contribution in [0.4, 0.5) is 5.69 Å². The molecule has 0 atom stereocenters. The Morgan fingerprint density at radius 2 is 1.93 bits per heavy atom. The second-order valence-electron chi connectivity index (χ2n) is 8.42. The lowest BCUT2D eigenvalue weighted by molar-refractivity contribution is -0.120. The molecule has 1 N–H and O–H groups in total. The maximum atomic E-state index is 12.9. The average molecular weight is 395 g/mol. The summed E-state index contributed by atoms with van der Waals surface area (Å²) in [6.45, 7) is 9.28. The number of methoxy groups -OCH3 is 1. The van der Waals surface area contributed by atoms with E-state index in [1.54, 1.807) is 14.0 Å². The molecule has 5 heteroatoms. The van der Waals surface area contributed by atoms with Crippen LogP contribution >= 0.6 is 0 Å². The van der Waals surface area contributed by atoms with Gasteiger partial charge in [0.15, 0.2) is 0 Å². The van der Waals surface area contributed by atoms with Crippen molar-refractivity contribution in [3.05, 3.63) is 53.1 Å². The number of amides is 1. The molecule has 0 radical (unpaired) electrons. The van der Waals surface area contributed by atoms with E-state index in [-0.39, 0.29) is 11.3 Å². The number of rotatable bonds is 6. The third-order valence-corrected chi connectivity index (χ3v) is 5.68. The van der Waals surface area contributed by atoms with Gasteiger partial charge in [-0.15, -0.1) is 0 Å². The van der Waals surface area contributed by atoms with Crippen LogP contribution in [0.5, 0.6) is 0 Å². The van der Waals surface area contributed by atoms with E-state index < -0.39 is 0 Å². The third-order valence-electron chi connectivity index (χ3n) is 5.68. The molecule has 0 aliphatic carbocycles. The highest BCUT2D eigenvalue weighted by molar-refractivity contribution is 6.07. The molecule has 5 nitrogen and oxygen atoms in total. The molecule has 2 aromatic rings. The number of hydrogen-bond acceptors (Lipinski definition) is 4. The van der Waals surface area contributed by atoms with Gasteiger partial charge < -0.3 is 14.8 Å². The van der Waals surface area contributed by atoms with Crippen molar-refractivity contribution in [2.45, 2.75) is 46.0 Å². The number of carbonyl (C=O) groups is 1. The Morgan fingerprint density at radius 1 is 1.24 bits per heavy atom. The van der Waals surface area contributed by atoms with Crippen LogP contribution in [0.15, 0.2) is 41.6 Å². The van der Waals surface area contributed by atoms with Gasteiger partial charge in [-0.2, -0.15) is 0 Å². The highest BCUT2D eigenvalue weighted by Crippen LogP contribution is 2.44. The van der Waals surface area contributed by atoms with Gasteiger partial charge in [0.2, 0.25) is 5.91 Å². The summed E-state index contributed by atoms with van der Waals surface area (Å²) in [5.41, 5.74) is 6.39. The Hall–Kier alpha value is -2.66. The van der Waals surface area contributed by atoms with Crippen LogP contribution in [0.25, 0.3) is 11.1 Å². The van der Waals surface area contributed by atoms with Crippen molar-refractivity contribution in [3.63, 3.8) is 0 Å². The number of benzene rings is 2. The molecular formula is C24H30N2O3. The minimum absolute atomic E-state index is 0.117. The van der Waals surface area contributed by atoms with Crippen molar-refractivity contribution in [1.82, 2.24) is 0 Å². The van der Waals surface area contributed by atoms with E-state index >= 15 is 0 Å². The van der Waals surface area contributed by atoms with Crippen LogP contribution in [-0.4, -0.2) is 37.1 Å². The summed E-state index contributed by atoms with van der Waals surface area (Å²) < 4.78 is 5.17. The van der Waals surface area contributed by atoms with Crippen LogP contribution in [-0.2, 0) is 14.9 Å². The van der Waals surface area contributed by atoms with Crippen LogP contribution in [0.1, 0.15) is 50.3 Å². The molecule has 0 saturated carbocycles. The maximum Gasteiger partial charge on any atom is 0.227 e. The van der Waals surface area contributed by atoms with Crippen molar-refractivity contribution in [3.8, 4) is 11.1 Å². The number of aryl methyl sites for hydroxylation is 1. The van der Waals surface area contributed by atoms with Gasteiger partial charge in [0.25, 0.3) is 0 Å². The van der Waals surface area contributed by atoms with Gasteiger partial charge in [-0.05, 0) is 49.1 Å². The Bertz CT molecular complexity index is 930. The first kappa shape index (κ1) is 21.1. The fourth-order valence-electron chi connectivity index (χ4n) is 3.99. The van der Waals surface area contributed by atoms with E-state index in [2.05, 4.69) is 56.3 Å². The van der Waals surface area contributed by atoms with Crippen molar-refractivity contribution in [2.24, 2.45) is 5.16 Å². The number of fused-ring (bicyclic) bond motifs is 1. The molecule has 154 valence electrons. The summed E-state index contributed by atoms with van der Waals surface area (Å²) in [7, 11) is 1.67. The molecule has 1 heterocycles. The van der Waals surface area contributed by atoms with Crippen LogP contribution in [0.3, 0.4) is 0 Å². The van der Waals surface area contributed by atoms with E-state index in [9.17, 15) is 10.0 Å². The largest absolute Gasteiger partial charge is 0.411 e. The van der Waals surface area contributed by atoms with Gasteiger partial charge in [-0.25, -0.2) is 0 Å². The molecule has 0 spiro atoms. The Kier molecular flexibility index (Phi) is 6.08. The van der Waals surface area contributed by atoms with Crippen molar-refractivity contribution in [1.29, 1.82) is 0 Å². The van der Waals surface area contributed by atoms with Crippen molar-refractivity contribution in [2.75, 3.05) is 25.2 Å². The SMILES string of the molecule is COCCCN1C(=O)CC(C)(C)c2cc(-c3ccc(C)cc3)c(/C(C)=N/O)cc21. The molecule has 1 amide bonds. The van der Waals surface area contributed by atoms with Gasteiger partial charge in [0, 0.05) is 43.3 Å². The fraction of sp³-hybridized carbons (Fsp3) is 0.417. The van der Waals surface area contributed by atoms with E-state index in [0.29, 0.717) is 25.3 Å². The molecule has 0 bridgehead atoms. The minimum Gasteiger partial charge on any atom is -0.411 e. The Labute approximate surface area is 173 Å². The first-order valence-corrected chi connectivity index (χ1v) is 10.0.